The number of phosphoric acid groups is 1. The Kier molecular flexibility index (Phi) is 4.08. The second-order valence-electron chi connectivity index (χ2n) is 3.14. The fraction of sp³-hybridized carbons (Fsp3) is 0.125. The van der Waals surface area contributed by atoms with E-state index in [0.717, 1.165) is 0 Å². The van der Waals surface area contributed by atoms with Crippen LogP contribution in [0.25, 0.3) is 0 Å². The molecule has 0 heterocycles. The van der Waals surface area contributed by atoms with Crippen molar-refractivity contribution in [3.63, 3.8) is 0 Å². The largest absolute Gasteiger partial charge is 0.524 e. The van der Waals surface area contributed by atoms with Crippen LogP contribution in [0.4, 0.5) is 4.79 Å². The van der Waals surface area contributed by atoms with Gasteiger partial charge in [0.15, 0.2) is 0 Å². The summed E-state index contributed by atoms with van der Waals surface area (Å²) in [4.78, 5) is 27.5. The minimum absolute atomic E-state index is 0.0130. The van der Waals surface area contributed by atoms with E-state index in [-0.39, 0.29) is 12.3 Å². The van der Waals surface area contributed by atoms with Crippen molar-refractivity contribution < 1.29 is 28.8 Å². The number of nitrogens with zero attached hydrogens (tertiary/aromatic N) is 1. The van der Waals surface area contributed by atoms with E-state index < -0.39 is 13.9 Å². The van der Waals surface area contributed by atoms with Gasteiger partial charge in [-0.15, -0.1) is 0 Å². The molecule has 8 nitrogen and oxygen atoms in total. The lowest BCUT2D eigenvalue weighted by Crippen LogP contribution is -2.35. The van der Waals surface area contributed by atoms with Crippen LogP contribution in [-0.4, -0.2) is 26.0 Å². The number of carbonyl (C=O) groups is 1. The molecular weight excluding hydrogens is 251 g/mol. The van der Waals surface area contributed by atoms with Crippen molar-refractivity contribution in [3.05, 3.63) is 29.8 Å². The third-order valence-electron chi connectivity index (χ3n) is 1.75. The SMILES string of the molecule is NN(Cc1ccc(OP(=O)(O)O)cc1)C(=O)O. The van der Waals surface area contributed by atoms with Gasteiger partial charge in [0.1, 0.15) is 5.75 Å². The van der Waals surface area contributed by atoms with Crippen molar-refractivity contribution in [2.24, 2.45) is 5.84 Å². The first-order chi connectivity index (χ1) is 7.78. The molecule has 94 valence electrons. The first-order valence-corrected chi connectivity index (χ1v) is 5.90. The summed E-state index contributed by atoms with van der Waals surface area (Å²) in [6.45, 7) is -0.0362. The van der Waals surface area contributed by atoms with Crippen molar-refractivity contribution in [2.45, 2.75) is 6.54 Å². The molecule has 0 aliphatic heterocycles. The number of hydrogen-bond donors (Lipinski definition) is 4. The van der Waals surface area contributed by atoms with Crippen LogP contribution in [-0.2, 0) is 11.1 Å². The van der Waals surface area contributed by atoms with Crippen LogP contribution in [0.1, 0.15) is 5.56 Å². The zero-order valence-corrected chi connectivity index (χ0v) is 9.45. The lowest BCUT2D eigenvalue weighted by atomic mass is 10.2. The van der Waals surface area contributed by atoms with Gasteiger partial charge < -0.3 is 9.63 Å². The highest BCUT2D eigenvalue weighted by Gasteiger charge is 2.15. The summed E-state index contributed by atoms with van der Waals surface area (Å²) in [5, 5.41) is 9.11. The standard InChI is InChI=1S/C8H11N2O6P/c9-10(8(11)12)5-6-1-3-7(4-2-6)16-17(13,14)15/h1-4H,5,9H2,(H,11,12)(H2,13,14,15). The summed E-state index contributed by atoms with van der Waals surface area (Å²) in [5.74, 6) is 5.15. The van der Waals surface area contributed by atoms with Crippen molar-refractivity contribution >= 4 is 13.9 Å². The van der Waals surface area contributed by atoms with Crippen LogP contribution in [0.5, 0.6) is 5.75 Å². The van der Waals surface area contributed by atoms with E-state index in [4.69, 9.17) is 20.7 Å². The number of amides is 1. The lowest BCUT2D eigenvalue weighted by molar-refractivity contribution is 0.143. The molecule has 5 N–H and O–H groups in total. The van der Waals surface area contributed by atoms with Gasteiger partial charge in [-0.3, -0.25) is 9.79 Å². The molecule has 9 heteroatoms. The quantitative estimate of drug-likeness (QED) is 0.269. The topological polar surface area (TPSA) is 133 Å². The maximum Gasteiger partial charge on any atom is 0.524 e. The summed E-state index contributed by atoms with van der Waals surface area (Å²) in [6, 6.07) is 5.52. The second kappa shape index (κ2) is 5.15. The van der Waals surface area contributed by atoms with Gasteiger partial charge in [0.05, 0.1) is 6.54 Å². The summed E-state index contributed by atoms with van der Waals surface area (Å²) >= 11 is 0. The minimum Gasteiger partial charge on any atom is -0.464 e. The number of hydrogen-bond acceptors (Lipinski definition) is 4. The first kappa shape index (κ1) is 13.5. The molecule has 0 saturated heterocycles. The van der Waals surface area contributed by atoms with E-state index in [1.54, 1.807) is 0 Å². The molecule has 0 unspecified atom stereocenters. The Balaban J connectivity index is 2.68. The number of benzene rings is 1. The van der Waals surface area contributed by atoms with Gasteiger partial charge in [-0.05, 0) is 17.7 Å². The second-order valence-corrected chi connectivity index (χ2v) is 4.30. The lowest BCUT2D eigenvalue weighted by Gasteiger charge is -2.12. The molecule has 1 rings (SSSR count). The van der Waals surface area contributed by atoms with Gasteiger partial charge in [0.25, 0.3) is 0 Å². The average molecular weight is 262 g/mol. The van der Waals surface area contributed by atoms with Crippen LogP contribution in [0.2, 0.25) is 0 Å². The van der Waals surface area contributed by atoms with Gasteiger partial charge in [0.2, 0.25) is 0 Å². The highest BCUT2D eigenvalue weighted by Crippen LogP contribution is 2.37. The van der Waals surface area contributed by atoms with E-state index in [0.29, 0.717) is 10.6 Å². The molecule has 0 aromatic heterocycles. The summed E-state index contributed by atoms with van der Waals surface area (Å²) in [5.41, 5.74) is 0.563. The normalized spacial score (nSPS) is 11.0. The number of hydrazine groups is 1. The monoisotopic (exact) mass is 262 g/mol. The van der Waals surface area contributed by atoms with Gasteiger partial charge in [-0.1, -0.05) is 12.1 Å². The van der Waals surface area contributed by atoms with Gasteiger partial charge in [0, 0.05) is 0 Å². The van der Waals surface area contributed by atoms with Crippen molar-refractivity contribution in [3.8, 4) is 5.75 Å². The molecule has 0 atom stereocenters. The Labute approximate surface area is 96.4 Å². The molecule has 1 aromatic carbocycles. The van der Waals surface area contributed by atoms with Crippen molar-refractivity contribution in [1.82, 2.24) is 5.01 Å². The fourth-order valence-electron chi connectivity index (χ4n) is 1.06. The highest BCUT2D eigenvalue weighted by molar-refractivity contribution is 7.46. The Morgan fingerprint density at radius 3 is 2.29 bits per heavy atom. The molecule has 0 spiro atoms. The molecule has 0 saturated carbocycles. The minimum atomic E-state index is -4.58. The Hall–Kier alpha value is -1.60. The smallest absolute Gasteiger partial charge is 0.464 e. The zero-order valence-electron chi connectivity index (χ0n) is 8.55. The molecule has 0 radical (unpaired) electrons. The van der Waals surface area contributed by atoms with Crippen LogP contribution in [0.15, 0.2) is 24.3 Å². The van der Waals surface area contributed by atoms with Crippen LogP contribution < -0.4 is 10.4 Å². The van der Waals surface area contributed by atoms with Crippen LogP contribution in [0, 0.1) is 0 Å². The highest BCUT2D eigenvalue weighted by atomic mass is 31.2. The Morgan fingerprint density at radius 1 is 1.35 bits per heavy atom. The van der Waals surface area contributed by atoms with Crippen LogP contribution >= 0.6 is 7.82 Å². The van der Waals surface area contributed by atoms with Crippen molar-refractivity contribution in [1.29, 1.82) is 0 Å². The fourth-order valence-corrected chi connectivity index (χ4v) is 1.45. The van der Waals surface area contributed by atoms with E-state index in [1.807, 2.05) is 0 Å². The van der Waals surface area contributed by atoms with E-state index in [1.165, 1.54) is 24.3 Å². The van der Waals surface area contributed by atoms with Gasteiger partial charge >= 0.3 is 13.9 Å². The molecule has 1 amide bonds. The number of phosphoric ester groups is 1. The summed E-state index contributed by atoms with van der Waals surface area (Å²) in [7, 11) is -4.58. The predicted molar refractivity (Wildman–Crippen MR) is 56.9 cm³/mol. The van der Waals surface area contributed by atoms with Gasteiger partial charge in [-0.2, -0.15) is 0 Å². The molecule has 17 heavy (non-hydrogen) atoms. The Morgan fingerprint density at radius 2 is 1.88 bits per heavy atom. The van der Waals surface area contributed by atoms with E-state index in [2.05, 4.69) is 4.52 Å². The first-order valence-electron chi connectivity index (χ1n) is 4.37. The Bertz CT molecular complexity index is 442. The molecule has 0 aliphatic rings. The average Bonchev–Trinajstić information content (AvgIpc) is 2.18. The third-order valence-corrected chi connectivity index (χ3v) is 2.19. The molecule has 0 fully saturated rings. The summed E-state index contributed by atoms with van der Waals surface area (Å²) in [6.07, 6.45) is -1.28. The third kappa shape index (κ3) is 4.83. The number of rotatable bonds is 4. The van der Waals surface area contributed by atoms with E-state index >= 15 is 0 Å². The molecular formula is C8H11N2O6P. The number of nitrogens with two attached hydrogens (primary N) is 1. The van der Waals surface area contributed by atoms with Gasteiger partial charge in [-0.25, -0.2) is 20.2 Å². The van der Waals surface area contributed by atoms with Crippen molar-refractivity contribution in [2.75, 3.05) is 0 Å². The predicted octanol–water partition coefficient (Wildman–Crippen LogP) is 0.512. The van der Waals surface area contributed by atoms with E-state index in [9.17, 15) is 9.36 Å². The molecule has 1 aromatic rings. The maximum atomic E-state index is 10.5. The zero-order chi connectivity index (χ0) is 13.1. The van der Waals surface area contributed by atoms with Crippen LogP contribution in [0.3, 0.4) is 0 Å². The maximum absolute atomic E-state index is 10.5. The molecule has 0 bridgehead atoms. The summed E-state index contributed by atoms with van der Waals surface area (Å²) < 4.78 is 14.8. The molecule has 0 aliphatic carbocycles. The number of carboxylic acid groups (broad SMARTS) is 1.